The summed E-state index contributed by atoms with van der Waals surface area (Å²) in [5.74, 6) is 1.08. The van der Waals surface area contributed by atoms with Crippen molar-refractivity contribution in [2.45, 2.75) is 143 Å². The molecule has 30 heteroatoms. The molecule has 0 amide bonds. The normalized spacial score (nSPS) is 23.5. The number of carbonyl (C=O) groups is 2. The van der Waals surface area contributed by atoms with E-state index in [1.807, 2.05) is 77.9 Å². The Morgan fingerprint density at radius 1 is 0.606 bits per heavy atom. The second-order valence-electron chi connectivity index (χ2n) is 26.6. The number of aromatic nitrogens is 8. The van der Waals surface area contributed by atoms with Crippen molar-refractivity contribution < 1.29 is 74.8 Å². The summed E-state index contributed by atoms with van der Waals surface area (Å²) in [4.78, 5) is 55.8. The van der Waals surface area contributed by atoms with Crippen LogP contribution in [0.5, 0.6) is 11.5 Å². The fourth-order valence-corrected chi connectivity index (χ4v) is 13.5. The van der Waals surface area contributed by atoms with E-state index in [-0.39, 0.29) is 35.5 Å². The third-order valence-corrected chi connectivity index (χ3v) is 18.5. The highest BCUT2D eigenvalue weighted by molar-refractivity contribution is 7.52. The second kappa shape index (κ2) is 27.8. The molecular formula is C64H84F2N12O14P2. The molecule has 4 aromatic carbocycles. The van der Waals surface area contributed by atoms with Gasteiger partial charge in [0, 0.05) is 39.0 Å². The highest BCUT2D eigenvalue weighted by Gasteiger charge is 2.57. The third-order valence-electron chi connectivity index (χ3n) is 15.3. The summed E-state index contributed by atoms with van der Waals surface area (Å²) in [5, 5.41) is 30.5. The minimum Gasteiger partial charge on any atom is -0.464 e. The van der Waals surface area contributed by atoms with Crippen molar-refractivity contribution in [1.29, 1.82) is 0 Å². The molecule has 2 aliphatic heterocycles. The van der Waals surface area contributed by atoms with Crippen LogP contribution in [-0.4, -0.2) is 164 Å². The van der Waals surface area contributed by atoms with Crippen molar-refractivity contribution in [2.24, 2.45) is 10.8 Å². The Hall–Kier alpha value is -7.36. The topological polar surface area (TPSA) is 300 Å². The first kappa shape index (κ1) is 70.9. The van der Waals surface area contributed by atoms with E-state index >= 15 is 8.78 Å². The molecule has 508 valence electrons. The first-order valence-corrected chi connectivity index (χ1v) is 33.6. The van der Waals surface area contributed by atoms with E-state index in [0.29, 0.717) is 56.4 Å². The van der Waals surface area contributed by atoms with Gasteiger partial charge in [-0.25, -0.2) is 47.8 Å². The number of imidazole rings is 2. The maximum atomic E-state index is 16.3. The number of nitrogens with zero attached hydrogens (tertiary/aromatic N) is 10. The highest BCUT2D eigenvalue weighted by Crippen LogP contribution is 2.52. The van der Waals surface area contributed by atoms with Gasteiger partial charge < -0.3 is 48.0 Å². The second-order valence-corrected chi connectivity index (χ2v) is 30.0. The number of hydrogen-bond acceptors (Lipinski definition) is 22. The van der Waals surface area contributed by atoms with E-state index in [1.165, 1.54) is 49.5 Å². The van der Waals surface area contributed by atoms with E-state index in [4.69, 9.17) is 37.0 Å². The molecular weight excluding hydrogens is 1260 g/mol. The molecule has 0 radical (unpaired) electrons. The Morgan fingerprint density at radius 2 is 0.957 bits per heavy atom. The van der Waals surface area contributed by atoms with Crippen LogP contribution in [0, 0.1) is 24.7 Å². The molecule has 10 rings (SSSR count). The number of carbonyl (C=O) groups excluding carboxylic acids is 2. The lowest BCUT2D eigenvalue weighted by Gasteiger charge is -2.26. The van der Waals surface area contributed by atoms with E-state index < -0.39 is 101 Å². The van der Waals surface area contributed by atoms with Crippen LogP contribution in [0.15, 0.2) is 97.6 Å². The number of hydrogen-bond donors (Lipinski definition) is 4. The maximum Gasteiger partial charge on any atom is 0.459 e. The van der Waals surface area contributed by atoms with Crippen molar-refractivity contribution in [3.8, 4) is 11.5 Å². The summed E-state index contributed by atoms with van der Waals surface area (Å²) < 4.78 is 111. The lowest BCUT2D eigenvalue weighted by molar-refractivity contribution is -0.148. The summed E-state index contributed by atoms with van der Waals surface area (Å²) in [6.07, 6.45) is -5.97. The molecule has 2 saturated heterocycles. The van der Waals surface area contributed by atoms with Crippen molar-refractivity contribution in [1.82, 2.24) is 49.2 Å². The zero-order chi connectivity index (χ0) is 68.6. The Balaban J connectivity index is 0.000000221. The number of aliphatic hydroxyl groups excluding tert-OH is 2. The zero-order valence-electron chi connectivity index (χ0n) is 55.6. The number of fused-ring (bicyclic) bond motifs is 4. The Bertz CT molecular complexity index is 3870. The molecule has 0 spiro atoms. The molecule has 0 bridgehead atoms. The summed E-state index contributed by atoms with van der Waals surface area (Å²) in [6, 6.07) is 22.9. The van der Waals surface area contributed by atoms with E-state index in [2.05, 4.69) is 40.1 Å². The molecule has 26 nitrogen and oxygen atoms in total. The number of esters is 2. The van der Waals surface area contributed by atoms with Crippen LogP contribution in [0.3, 0.4) is 0 Å². The molecule has 0 unspecified atom stereocenters. The van der Waals surface area contributed by atoms with Crippen LogP contribution < -0.4 is 29.0 Å². The van der Waals surface area contributed by atoms with Crippen molar-refractivity contribution in [2.75, 3.05) is 64.4 Å². The number of ether oxygens (including phenoxy) is 4. The van der Waals surface area contributed by atoms with Gasteiger partial charge in [0.2, 0.25) is 0 Å². The Kier molecular flexibility index (Phi) is 21.0. The van der Waals surface area contributed by atoms with E-state index in [9.17, 15) is 28.9 Å². The number of nitrogens with one attached hydrogen (secondary N) is 2. The predicted octanol–water partition coefficient (Wildman–Crippen LogP) is 10.2. The summed E-state index contributed by atoms with van der Waals surface area (Å²) in [7, 11) is -1.56. The molecule has 0 aliphatic carbocycles. The quantitative estimate of drug-likeness (QED) is 0.0362. The molecule has 4 aromatic heterocycles. The van der Waals surface area contributed by atoms with Gasteiger partial charge >= 0.3 is 27.4 Å². The molecule has 0 saturated carbocycles. The van der Waals surface area contributed by atoms with Crippen molar-refractivity contribution in [3.05, 3.63) is 109 Å². The lowest BCUT2D eigenvalue weighted by Crippen LogP contribution is -2.41. The van der Waals surface area contributed by atoms with Gasteiger partial charge in [-0.1, -0.05) is 114 Å². The average Bonchev–Trinajstić information content (AvgIpc) is 1.60. The number of aliphatic hydroxyl groups is 2. The molecule has 6 heterocycles. The fraction of sp³-hybridized carbons (Fsp3) is 0.500. The zero-order valence-corrected chi connectivity index (χ0v) is 57.4. The number of alkyl halides is 2. The SMILES string of the molecule is Cc1nc(N(C)C)c2ncn([C@@H]3O[C@H](CO[P@@](=O)(N[C@@H](C)C(=O)OCC(C)(C)C)Oc4cccc5ccccc45)[C@@H](O)[C@@]3(C)F)c2n1.Cc1nc(N(C)C)c2ncn([C@@H]3O[C@H](CO[P@@](=O)(N[C@H](C)C(=O)OCC(C)(C)C)Oc4cccc5ccccc45)[C@@H](O)[C@@]3(C)F)c2n1. The average molecular weight is 1350 g/mol. The van der Waals surface area contributed by atoms with Crippen LogP contribution in [0.1, 0.15) is 93.3 Å². The molecule has 94 heavy (non-hydrogen) atoms. The first-order valence-electron chi connectivity index (χ1n) is 30.5. The van der Waals surface area contributed by atoms with Crippen LogP contribution in [0.2, 0.25) is 0 Å². The molecule has 4 N–H and O–H groups in total. The predicted molar refractivity (Wildman–Crippen MR) is 350 cm³/mol. The Morgan fingerprint density at radius 3 is 1.31 bits per heavy atom. The Labute approximate surface area is 544 Å². The van der Waals surface area contributed by atoms with Crippen LogP contribution in [0.4, 0.5) is 20.4 Å². The van der Waals surface area contributed by atoms with Crippen molar-refractivity contribution >= 4 is 82.9 Å². The van der Waals surface area contributed by atoms with Crippen molar-refractivity contribution in [3.63, 3.8) is 0 Å². The number of anilines is 2. The van der Waals surface area contributed by atoms with E-state index in [1.54, 1.807) is 100 Å². The number of benzene rings is 4. The summed E-state index contributed by atoms with van der Waals surface area (Å²) in [5.41, 5.74) is -3.76. The van der Waals surface area contributed by atoms with E-state index in [0.717, 1.165) is 10.8 Å². The number of rotatable bonds is 22. The van der Waals surface area contributed by atoms with Gasteiger partial charge in [0.15, 0.2) is 57.8 Å². The standard InChI is InChI=1S/2C32H42FN6O7P/c2*1-19(29(41)43-17-31(3,4)5)37-47(42,46-23-15-11-13-21-12-9-10-14-22(21)23)44-16-24-26(40)32(6,33)30(45-24)39-18-34-25-27(38(7)8)35-20(2)36-28(25)39/h2*9-15,18-19,24,26,30,40H,16-17H2,1-8H3,(H,37,42)/t19-,24+,26+,30+,32+,47-;19-,24-,26-,30-,32-,47+/m01/s1. The van der Waals surface area contributed by atoms with Gasteiger partial charge in [-0.3, -0.25) is 27.8 Å². The molecule has 12 atom stereocenters. The largest absolute Gasteiger partial charge is 0.464 e. The van der Waals surface area contributed by atoms with Gasteiger partial charge in [0.1, 0.15) is 59.6 Å². The summed E-state index contributed by atoms with van der Waals surface area (Å²) in [6.45, 7) is 19.4. The van der Waals surface area contributed by atoms with Gasteiger partial charge in [-0.2, -0.15) is 10.2 Å². The first-order chi connectivity index (χ1) is 44.0. The molecule has 2 aliphatic rings. The van der Waals surface area contributed by atoms with Gasteiger partial charge in [0.25, 0.3) is 0 Å². The minimum absolute atomic E-state index is 0.134. The monoisotopic (exact) mass is 1340 g/mol. The summed E-state index contributed by atoms with van der Waals surface area (Å²) >= 11 is 0. The van der Waals surface area contributed by atoms with Gasteiger partial charge in [0.05, 0.1) is 39.1 Å². The van der Waals surface area contributed by atoms with Gasteiger partial charge in [-0.15, -0.1) is 0 Å². The smallest absolute Gasteiger partial charge is 0.459 e. The lowest BCUT2D eigenvalue weighted by atomic mass is 9.98. The van der Waals surface area contributed by atoms with Crippen LogP contribution in [0.25, 0.3) is 43.9 Å². The highest BCUT2D eigenvalue weighted by atomic mass is 31.2. The van der Waals surface area contributed by atoms with Crippen LogP contribution >= 0.6 is 15.5 Å². The molecule has 8 aromatic rings. The van der Waals surface area contributed by atoms with Crippen LogP contribution in [-0.2, 0) is 46.7 Å². The van der Waals surface area contributed by atoms with Gasteiger partial charge in [-0.05, 0) is 75.3 Å². The third kappa shape index (κ3) is 16.0. The molecule has 2 fully saturated rings. The maximum absolute atomic E-state index is 16.3. The number of halogens is 2. The minimum atomic E-state index is -4.39. The number of aryl methyl sites for hydroxylation is 2. The fourth-order valence-electron chi connectivity index (χ4n) is 10.4.